The van der Waals surface area contributed by atoms with E-state index in [2.05, 4.69) is 158 Å². The second kappa shape index (κ2) is 11.3. The van der Waals surface area contributed by atoms with Gasteiger partial charge in [-0.3, -0.25) is 0 Å². The van der Waals surface area contributed by atoms with Crippen molar-refractivity contribution < 1.29 is 0 Å². The average molecular weight is 655 g/mol. The molecular formula is C47H34N4. The first kappa shape index (κ1) is 29.4. The highest BCUT2D eigenvalue weighted by Gasteiger charge is 2.35. The van der Waals surface area contributed by atoms with Crippen molar-refractivity contribution in [3.8, 4) is 27.9 Å². The molecule has 9 aromatic rings. The minimum absolute atomic E-state index is 0.0287. The topological polar surface area (TPSA) is 34.0 Å². The molecule has 0 amide bonds. The Bertz CT molecular complexity index is 2760. The minimum atomic E-state index is -0.0287. The van der Waals surface area contributed by atoms with Crippen molar-refractivity contribution in [3.05, 3.63) is 181 Å². The second-order valence-electron chi connectivity index (χ2n) is 14.0. The number of benzene rings is 8. The van der Waals surface area contributed by atoms with Crippen LogP contribution in [0, 0.1) is 0 Å². The van der Waals surface area contributed by atoms with E-state index in [1.165, 1.54) is 33.0 Å². The van der Waals surface area contributed by atoms with Gasteiger partial charge in [-0.1, -0.05) is 123 Å². The SMILES string of the molecule is CC1(C)c2ccccc2-c2cc(N(c3ccccc3)c3ccc(-c4ccc5ccc6ccc7nn(-c8ccccc8)nc7c6c5c4)cc3)ccc21. The fourth-order valence-electron chi connectivity index (χ4n) is 8.05. The van der Waals surface area contributed by atoms with Crippen molar-refractivity contribution in [3.63, 3.8) is 0 Å². The molecule has 0 saturated carbocycles. The number of nitrogens with zero attached hydrogens (tertiary/aromatic N) is 4. The summed E-state index contributed by atoms with van der Waals surface area (Å²) in [6.45, 7) is 4.66. The van der Waals surface area contributed by atoms with Gasteiger partial charge in [-0.2, -0.15) is 4.80 Å². The third kappa shape index (κ3) is 4.68. The third-order valence-electron chi connectivity index (χ3n) is 10.6. The zero-order valence-electron chi connectivity index (χ0n) is 28.5. The molecule has 1 aliphatic rings. The maximum Gasteiger partial charge on any atom is 0.122 e. The van der Waals surface area contributed by atoms with Crippen molar-refractivity contribution in [2.45, 2.75) is 19.3 Å². The Kier molecular flexibility index (Phi) is 6.49. The number of fused-ring (bicyclic) bond motifs is 8. The molecular weight excluding hydrogens is 621 g/mol. The van der Waals surface area contributed by atoms with E-state index < -0.39 is 0 Å². The molecule has 0 N–H and O–H groups in total. The van der Waals surface area contributed by atoms with Crippen LogP contribution < -0.4 is 4.90 Å². The van der Waals surface area contributed by atoms with Gasteiger partial charge in [0, 0.05) is 27.9 Å². The molecule has 4 nitrogen and oxygen atoms in total. The lowest BCUT2D eigenvalue weighted by atomic mass is 9.82. The fourth-order valence-corrected chi connectivity index (χ4v) is 8.05. The lowest BCUT2D eigenvalue weighted by molar-refractivity contribution is 0.660. The standard InChI is InChI=1S/C47H34N4/c1-47(2)42-16-10-9-15-39(42)41-30-38(26-27-43(41)47)50(35-11-5-3-6-12-35)36-24-21-31(22-25-36)34-20-18-32-17-19-33-23-28-44-46(45(33)40(32)29-34)49-51(48-44)37-13-7-4-8-14-37/h3-30H,1-2H3. The summed E-state index contributed by atoms with van der Waals surface area (Å²) in [5.74, 6) is 0. The van der Waals surface area contributed by atoms with Crippen LogP contribution in [0.2, 0.25) is 0 Å². The number of para-hydroxylation sites is 2. The number of hydrogen-bond donors (Lipinski definition) is 0. The number of rotatable bonds is 5. The first-order chi connectivity index (χ1) is 25.0. The summed E-state index contributed by atoms with van der Waals surface area (Å²) in [5, 5.41) is 14.5. The van der Waals surface area contributed by atoms with E-state index in [-0.39, 0.29) is 5.41 Å². The van der Waals surface area contributed by atoms with Gasteiger partial charge in [-0.15, -0.1) is 10.2 Å². The van der Waals surface area contributed by atoms with E-state index in [1.807, 2.05) is 30.3 Å². The molecule has 0 saturated heterocycles. The summed E-state index contributed by atoms with van der Waals surface area (Å²) in [4.78, 5) is 4.10. The van der Waals surface area contributed by atoms with Crippen molar-refractivity contribution >= 4 is 49.6 Å². The number of anilines is 3. The Balaban J connectivity index is 1.07. The molecule has 0 atom stereocenters. The van der Waals surface area contributed by atoms with E-state index in [0.29, 0.717) is 0 Å². The zero-order valence-corrected chi connectivity index (χ0v) is 28.5. The van der Waals surface area contributed by atoms with Crippen LogP contribution in [0.15, 0.2) is 170 Å². The summed E-state index contributed by atoms with van der Waals surface area (Å²) in [6.07, 6.45) is 0. The van der Waals surface area contributed by atoms with Crippen LogP contribution >= 0.6 is 0 Å². The highest BCUT2D eigenvalue weighted by molar-refractivity contribution is 6.18. The highest BCUT2D eigenvalue weighted by Crippen LogP contribution is 2.50. The third-order valence-corrected chi connectivity index (χ3v) is 10.6. The first-order valence-electron chi connectivity index (χ1n) is 17.5. The van der Waals surface area contributed by atoms with Crippen LogP contribution in [-0.2, 0) is 5.41 Å². The Morgan fingerprint density at radius 1 is 0.490 bits per heavy atom. The van der Waals surface area contributed by atoms with E-state index in [1.54, 1.807) is 4.80 Å². The van der Waals surface area contributed by atoms with Crippen LogP contribution in [-0.4, -0.2) is 15.0 Å². The molecule has 0 unspecified atom stereocenters. The van der Waals surface area contributed by atoms with Gasteiger partial charge in [0.05, 0.1) is 5.69 Å². The molecule has 0 aliphatic heterocycles. The Labute approximate surface area is 296 Å². The van der Waals surface area contributed by atoms with E-state index in [0.717, 1.165) is 55.7 Å². The lowest BCUT2D eigenvalue weighted by Crippen LogP contribution is -2.15. The maximum atomic E-state index is 4.99. The fraction of sp³-hybridized carbons (Fsp3) is 0.0638. The highest BCUT2D eigenvalue weighted by atomic mass is 15.5. The molecule has 10 rings (SSSR count). The molecule has 51 heavy (non-hydrogen) atoms. The second-order valence-corrected chi connectivity index (χ2v) is 14.0. The van der Waals surface area contributed by atoms with Gasteiger partial charge in [0.1, 0.15) is 11.0 Å². The predicted molar refractivity (Wildman–Crippen MR) is 212 cm³/mol. The van der Waals surface area contributed by atoms with Crippen molar-refractivity contribution in [2.75, 3.05) is 4.90 Å². The van der Waals surface area contributed by atoms with Gasteiger partial charge in [-0.25, -0.2) is 0 Å². The van der Waals surface area contributed by atoms with Crippen LogP contribution in [0.1, 0.15) is 25.0 Å². The molecule has 1 aromatic heterocycles. The van der Waals surface area contributed by atoms with Crippen LogP contribution in [0.5, 0.6) is 0 Å². The summed E-state index contributed by atoms with van der Waals surface area (Å²) in [6, 6.07) is 60.9. The van der Waals surface area contributed by atoms with Crippen molar-refractivity contribution in [1.29, 1.82) is 0 Å². The van der Waals surface area contributed by atoms with Gasteiger partial charge in [0.2, 0.25) is 0 Å². The molecule has 8 aromatic carbocycles. The first-order valence-corrected chi connectivity index (χ1v) is 17.5. The Morgan fingerprint density at radius 3 is 1.94 bits per heavy atom. The molecule has 242 valence electrons. The predicted octanol–water partition coefficient (Wildman–Crippen LogP) is 12.2. The van der Waals surface area contributed by atoms with Gasteiger partial charge >= 0.3 is 0 Å². The maximum absolute atomic E-state index is 4.99. The van der Waals surface area contributed by atoms with E-state index in [4.69, 9.17) is 10.2 Å². The molecule has 1 aliphatic carbocycles. The molecule has 0 fully saturated rings. The van der Waals surface area contributed by atoms with Gasteiger partial charge in [0.25, 0.3) is 0 Å². The molecule has 1 heterocycles. The largest absolute Gasteiger partial charge is 0.310 e. The molecule has 0 bridgehead atoms. The zero-order chi connectivity index (χ0) is 34.1. The van der Waals surface area contributed by atoms with E-state index >= 15 is 0 Å². The summed E-state index contributed by atoms with van der Waals surface area (Å²) in [7, 11) is 0. The van der Waals surface area contributed by atoms with Gasteiger partial charge in [0.15, 0.2) is 0 Å². The molecule has 4 heteroatoms. The van der Waals surface area contributed by atoms with Crippen molar-refractivity contribution in [1.82, 2.24) is 15.0 Å². The molecule has 0 spiro atoms. The van der Waals surface area contributed by atoms with Crippen molar-refractivity contribution in [2.24, 2.45) is 0 Å². The van der Waals surface area contributed by atoms with Crippen LogP contribution in [0.25, 0.3) is 60.5 Å². The van der Waals surface area contributed by atoms with Crippen LogP contribution in [0.3, 0.4) is 0 Å². The van der Waals surface area contributed by atoms with E-state index in [9.17, 15) is 0 Å². The van der Waals surface area contributed by atoms with Crippen LogP contribution in [0.4, 0.5) is 17.1 Å². The molecule has 0 radical (unpaired) electrons. The monoisotopic (exact) mass is 654 g/mol. The minimum Gasteiger partial charge on any atom is -0.310 e. The normalized spacial score (nSPS) is 13.1. The summed E-state index contributed by atoms with van der Waals surface area (Å²) < 4.78 is 0. The number of hydrogen-bond acceptors (Lipinski definition) is 3. The Hall–Kier alpha value is -6.52. The average Bonchev–Trinajstić information content (AvgIpc) is 3.72. The smallest absolute Gasteiger partial charge is 0.122 e. The Morgan fingerprint density at radius 2 is 1.12 bits per heavy atom. The summed E-state index contributed by atoms with van der Waals surface area (Å²) >= 11 is 0. The van der Waals surface area contributed by atoms with Gasteiger partial charge in [-0.05, 0) is 110 Å². The lowest BCUT2D eigenvalue weighted by Gasteiger charge is -2.27. The summed E-state index contributed by atoms with van der Waals surface area (Å²) in [5.41, 5.74) is 13.8. The quantitative estimate of drug-likeness (QED) is 0.173. The van der Waals surface area contributed by atoms with Gasteiger partial charge < -0.3 is 4.90 Å². The number of aromatic nitrogens is 3.